The molecule has 0 aromatic heterocycles. The van der Waals surface area contributed by atoms with Gasteiger partial charge in [-0.1, -0.05) is 12.1 Å². The summed E-state index contributed by atoms with van der Waals surface area (Å²) in [5, 5.41) is 9.07. The Morgan fingerprint density at radius 1 is 1.11 bits per heavy atom. The molecule has 0 fully saturated rings. The fourth-order valence-electron chi connectivity index (χ4n) is 1.64. The monoisotopic (exact) mass is 264 g/mol. The lowest BCUT2D eigenvalue weighted by molar-refractivity contribution is -0.147. The molecule has 0 aliphatic heterocycles. The fourth-order valence-corrected chi connectivity index (χ4v) is 1.64. The summed E-state index contributed by atoms with van der Waals surface area (Å²) in [4.78, 5) is 11.0. The van der Waals surface area contributed by atoms with Crippen LogP contribution in [0.5, 0.6) is 5.75 Å². The quantitative estimate of drug-likeness (QED) is 0.877. The third-order valence-corrected chi connectivity index (χ3v) is 2.97. The van der Waals surface area contributed by atoms with Crippen LogP contribution in [-0.2, 0) is 11.2 Å². The Balaban J connectivity index is 2.61. The maximum absolute atomic E-state index is 11.0. The van der Waals surface area contributed by atoms with Gasteiger partial charge in [-0.15, -0.1) is 0 Å². The van der Waals surface area contributed by atoms with Crippen molar-refractivity contribution >= 4 is 5.97 Å². The Morgan fingerprint density at radius 2 is 1.63 bits per heavy atom. The van der Waals surface area contributed by atoms with Gasteiger partial charge in [0.25, 0.3) is 0 Å². The molecule has 0 heterocycles. The Morgan fingerprint density at radius 3 is 2.05 bits per heavy atom. The standard InChI is InChI=1S/C16H24O3/c1-15(2,3)19-13-8-6-12(7-9-13)10-11-16(4,5)14(17)18/h6-9H,10-11H2,1-5H3,(H,17,18). The molecule has 0 bridgehead atoms. The second-order valence-electron chi connectivity index (χ2n) is 6.55. The highest BCUT2D eigenvalue weighted by molar-refractivity contribution is 5.73. The Hall–Kier alpha value is -1.51. The zero-order valence-corrected chi connectivity index (χ0v) is 12.5. The molecular weight excluding hydrogens is 240 g/mol. The van der Waals surface area contributed by atoms with Crippen molar-refractivity contribution in [1.29, 1.82) is 0 Å². The van der Waals surface area contributed by atoms with Crippen LogP contribution in [0.25, 0.3) is 0 Å². The highest BCUT2D eigenvalue weighted by atomic mass is 16.5. The average molecular weight is 264 g/mol. The van der Waals surface area contributed by atoms with Crippen LogP contribution in [0, 0.1) is 5.41 Å². The lowest BCUT2D eigenvalue weighted by Gasteiger charge is -2.21. The molecule has 106 valence electrons. The third kappa shape index (κ3) is 5.33. The van der Waals surface area contributed by atoms with E-state index in [1.165, 1.54) is 0 Å². The Labute approximate surface area is 115 Å². The molecular formula is C16H24O3. The molecule has 0 saturated heterocycles. The molecule has 3 heteroatoms. The minimum Gasteiger partial charge on any atom is -0.488 e. The van der Waals surface area contributed by atoms with Crippen molar-refractivity contribution in [1.82, 2.24) is 0 Å². The van der Waals surface area contributed by atoms with Gasteiger partial charge in [-0.3, -0.25) is 4.79 Å². The number of aliphatic carboxylic acids is 1. The number of ether oxygens (including phenoxy) is 1. The first kappa shape index (κ1) is 15.5. The summed E-state index contributed by atoms with van der Waals surface area (Å²) in [6.07, 6.45) is 1.39. The smallest absolute Gasteiger partial charge is 0.309 e. The molecule has 1 aromatic carbocycles. The van der Waals surface area contributed by atoms with Crippen LogP contribution in [0.3, 0.4) is 0 Å². The maximum Gasteiger partial charge on any atom is 0.309 e. The predicted molar refractivity (Wildman–Crippen MR) is 76.6 cm³/mol. The van der Waals surface area contributed by atoms with Crippen LogP contribution in [0.2, 0.25) is 0 Å². The number of carbonyl (C=O) groups is 1. The summed E-state index contributed by atoms with van der Waals surface area (Å²) >= 11 is 0. The van der Waals surface area contributed by atoms with E-state index in [1.807, 2.05) is 45.0 Å². The third-order valence-electron chi connectivity index (χ3n) is 2.97. The minimum absolute atomic E-state index is 0.202. The molecule has 1 rings (SSSR count). The molecule has 0 atom stereocenters. The van der Waals surface area contributed by atoms with E-state index in [1.54, 1.807) is 13.8 Å². The number of hydrogen-bond donors (Lipinski definition) is 1. The number of carboxylic acid groups (broad SMARTS) is 1. The molecule has 0 saturated carbocycles. The number of aryl methyl sites for hydroxylation is 1. The molecule has 0 unspecified atom stereocenters. The zero-order valence-electron chi connectivity index (χ0n) is 12.5. The van der Waals surface area contributed by atoms with Crippen LogP contribution in [0.15, 0.2) is 24.3 Å². The topological polar surface area (TPSA) is 46.5 Å². The zero-order chi connectivity index (χ0) is 14.7. The Kier molecular flexibility index (Phi) is 4.61. The minimum atomic E-state index is -0.750. The molecule has 0 radical (unpaired) electrons. The summed E-state index contributed by atoms with van der Waals surface area (Å²) < 4.78 is 5.75. The van der Waals surface area contributed by atoms with Gasteiger partial charge >= 0.3 is 5.97 Å². The van der Waals surface area contributed by atoms with E-state index < -0.39 is 11.4 Å². The first-order valence-electron chi connectivity index (χ1n) is 6.61. The van der Waals surface area contributed by atoms with Gasteiger partial charge in [-0.25, -0.2) is 0 Å². The molecule has 0 aliphatic rings. The maximum atomic E-state index is 11.0. The summed E-state index contributed by atoms with van der Waals surface area (Å²) in [5.41, 5.74) is 0.253. The second kappa shape index (κ2) is 5.64. The van der Waals surface area contributed by atoms with Crippen molar-refractivity contribution in [2.45, 2.75) is 53.1 Å². The lowest BCUT2D eigenvalue weighted by atomic mass is 9.86. The summed E-state index contributed by atoms with van der Waals surface area (Å²) in [6, 6.07) is 7.88. The van der Waals surface area contributed by atoms with E-state index in [9.17, 15) is 4.79 Å². The second-order valence-corrected chi connectivity index (χ2v) is 6.55. The molecule has 19 heavy (non-hydrogen) atoms. The molecule has 0 amide bonds. The molecule has 0 spiro atoms. The van der Waals surface area contributed by atoms with Crippen LogP contribution in [-0.4, -0.2) is 16.7 Å². The van der Waals surface area contributed by atoms with Gasteiger partial charge < -0.3 is 9.84 Å². The first-order valence-corrected chi connectivity index (χ1v) is 6.61. The van der Waals surface area contributed by atoms with E-state index in [0.717, 1.165) is 17.7 Å². The van der Waals surface area contributed by atoms with Crippen molar-refractivity contribution in [3.05, 3.63) is 29.8 Å². The van der Waals surface area contributed by atoms with Crippen molar-refractivity contribution in [2.24, 2.45) is 5.41 Å². The molecule has 1 aromatic rings. The lowest BCUT2D eigenvalue weighted by Crippen LogP contribution is -2.24. The first-order chi connectivity index (χ1) is 8.60. The van der Waals surface area contributed by atoms with E-state index in [4.69, 9.17) is 9.84 Å². The molecule has 0 aliphatic carbocycles. The van der Waals surface area contributed by atoms with Crippen LogP contribution in [0.4, 0.5) is 0 Å². The van der Waals surface area contributed by atoms with E-state index in [2.05, 4.69) is 0 Å². The number of carboxylic acids is 1. The predicted octanol–water partition coefficient (Wildman–Crippen LogP) is 3.91. The van der Waals surface area contributed by atoms with E-state index in [-0.39, 0.29) is 5.60 Å². The van der Waals surface area contributed by atoms with E-state index >= 15 is 0 Å². The van der Waals surface area contributed by atoms with Gasteiger partial charge in [0.15, 0.2) is 0 Å². The van der Waals surface area contributed by atoms with Crippen molar-refractivity contribution in [2.75, 3.05) is 0 Å². The Bertz CT molecular complexity index is 424. The average Bonchev–Trinajstić information content (AvgIpc) is 2.26. The summed E-state index contributed by atoms with van der Waals surface area (Å²) in [6.45, 7) is 9.54. The number of benzene rings is 1. The van der Waals surface area contributed by atoms with Gasteiger partial charge in [-0.05, 0) is 65.2 Å². The normalized spacial score (nSPS) is 12.3. The van der Waals surface area contributed by atoms with Crippen LogP contribution < -0.4 is 4.74 Å². The van der Waals surface area contributed by atoms with Crippen molar-refractivity contribution in [3.8, 4) is 5.75 Å². The largest absolute Gasteiger partial charge is 0.488 e. The number of hydrogen-bond acceptors (Lipinski definition) is 2. The van der Waals surface area contributed by atoms with E-state index in [0.29, 0.717) is 6.42 Å². The SMILES string of the molecule is CC(C)(C)Oc1ccc(CCC(C)(C)C(=O)O)cc1. The van der Waals surface area contributed by atoms with Crippen LogP contribution in [0.1, 0.15) is 46.6 Å². The van der Waals surface area contributed by atoms with Crippen LogP contribution >= 0.6 is 0 Å². The van der Waals surface area contributed by atoms with Gasteiger partial charge in [0.1, 0.15) is 11.4 Å². The summed E-state index contributed by atoms with van der Waals surface area (Å²) in [7, 11) is 0. The summed E-state index contributed by atoms with van der Waals surface area (Å²) in [5.74, 6) is 0.0916. The van der Waals surface area contributed by atoms with Gasteiger partial charge in [-0.2, -0.15) is 0 Å². The van der Waals surface area contributed by atoms with Crippen molar-refractivity contribution < 1.29 is 14.6 Å². The fraction of sp³-hybridized carbons (Fsp3) is 0.562. The highest BCUT2D eigenvalue weighted by Gasteiger charge is 2.26. The van der Waals surface area contributed by atoms with Gasteiger partial charge in [0.2, 0.25) is 0 Å². The molecule has 1 N–H and O–H groups in total. The highest BCUT2D eigenvalue weighted by Crippen LogP contribution is 2.24. The van der Waals surface area contributed by atoms with Crippen molar-refractivity contribution in [3.63, 3.8) is 0 Å². The van der Waals surface area contributed by atoms with Gasteiger partial charge in [0.05, 0.1) is 5.41 Å². The molecule has 3 nitrogen and oxygen atoms in total. The number of rotatable bonds is 5. The van der Waals surface area contributed by atoms with Gasteiger partial charge in [0, 0.05) is 0 Å².